The molecule has 0 amide bonds. The first-order valence-corrected chi connectivity index (χ1v) is 6.51. The lowest BCUT2D eigenvalue weighted by molar-refractivity contribution is 0.122. The summed E-state index contributed by atoms with van der Waals surface area (Å²) in [6.45, 7) is 6.36. The minimum Gasteiger partial charge on any atom is -0.389 e. The Morgan fingerprint density at radius 3 is 2.94 bits per heavy atom. The highest BCUT2D eigenvalue weighted by molar-refractivity contribution is 7.10. The van der Waals surface area contributed by atoms with Gasteiger partial charge >= 0.3 is 0 Å². The molecule has 1 aromatic rings. The number of hydrogen-bond donors (Lipinski definition) is 2. The lowest BCUT2D eigenvalue weighted by atomic mass is 9.91. The summed E-state index contributed by atoms with van der Waals surface area (Å²) in [5.41, 5.74) is 0.108. The molecule has 0 aliphatic carbocycles. The Labute approximate surface area is 100 Å². The lowest BCUT2D eigenvalue weighted by Gasteiger charge is -2.26. The molecule has 1 aromatic heterocycles. The van der Waals surface area contributed by atoms with E-state index in [2.05, 4.69) is 36.7 Å². The van der Waals surface area contributed by atoms with Gasteiger partial charge in [-0.2, -0.15) is 0 Å². The number of nitrogens with one attached hydrogen (secondary N) is 1. The van der Waals surface area contributed by atoms with Crippen molar-refractivity contribution in [3.63, 3.8) is 0 Å². The van der Waals surface area contributed by atoms with Crippen LogP contribution < -0.4 is 5.32 Å². The summed E-state index contributed by atoms with van der Waals surface area (Å²) in [4.78, 5) is 1.37. The molecule has 16 heavy (non-hydrogen) atoms. The van der Waals surface area contributed by atoms with Crippen LogP contribution >= 0.6 is 11.3 Å². The van der Waals surface area contributed by atoms with Crippen LogP contribution in [0, 0.1) is 0 Å². The van der Waals surface area contributed by atoms with Gasteiger partial charge in [-0.25, -0.2) is 0 Å². The van der Waals surface area contributed by atoms with Crippen molar-refractivity contribution in [1.82, 2.24) is 5.32 Å². The number of aliphatic hydroxyl groups excluding tert-OH is 1. The quantitative estimate of drug-likeness (QED) is 0.836. The third-order valence-corrected chi connectivity index (χ3v) is 4.28. The Hall–Kier alpha value is -0.420. The molecule has 90 valence electrons. The summed E-state index contributed by atoms with van der Waals surface area (Å²) in [6.07, 6.45) is -0.362. The van der Waals surface area contributed by atoms with E-state index in [4.69, 9.17) is 4.74 Å². The van der Waals surface area contributed by atoms with E-state index < -0.39 is 0 Å². The smallest absolute Gasteiger partial charge is 0.0948 e. The van der Waals surface area contributed by atoms with E-state index in [9.17, 15) is 5.11 Å². The minimum absolute atomic E-state index is 0.0826. The summed E-state index contributed by atoms with van der Waals surface area (Å²) in [5, 5.41) is 15.1. The fourth-order valence-corrected chi connectivity index (χ4v) is 2.73. The van der Waals surface area contributed by atoms with E-state index in [0.29, 0.717) is 13.2 Å². The zero-order valence-electron chi connectivity index (χ0n) is 9.77. The van der Waals surface area contributed by atoms with Crippen molar-refractivity contribution in [2.24, 2.45) is 0 Å². The molecule has 2 atom stereocenters. The summed E-state index contributed by atoms with van der Waals surface area (Å²) in [7, 11) is 0. The molecule has 2 heterocycles. The summed E-state index contributed by atoms with van der Waals surface area (Å²) >= 11 is 1.78. The molecule has 1 saturated heterocycles. The molecule has 1 aliphatic heterocycles. The Bertz CT molecular complexity index is 324. The Balaban J connectivity index is 1.89. The van der Waals surface area contributed by atoms with Crippen LogP contribution in [0.5, 0.6) is 0 Å². The van der Waals surface area contributed by atoms with E-state index in [1.165, 1.54) is 4.88 Å². The molecule has 0 saturated carbocycles. The standard InChI is InChI=1S/C12H19NO2S/c1-12(2,11-4-3-5-16-11)8-13-9-6-15-7-10(9)14/h3-5,9-10,13-14H,6-8H2,1-2H3. The predicted molar refractivity (Wildman–Crippen MR) is 66.0 cm³/mol. The van der Waals surface area contributed by atoms with E-state index in [0.717, 1.165) is 6.54 Å². The Kier molecular flexibility index (Phi) is 3.64. The maximum absolute atomic E-state index is 9.63. The first-order valence-electron chi connectivity index (χ1n) is 5.63. The van der Waals surface area contributed by atoms with Crippen LogP contribution in [0.3, 0.4) is 0 Å². The highest BCUT2D eigenvalue weighted by Crippen LogP contribution is 2.26. The van der Waals surface area contributed by atoms with Gasteiger partial charge in [0.15, 0.2) is 0 Å². The summed E-state index contributed by atoms with van der Waals surface area (Å²) < 4.78 is 5.22. The summed E-state index contributed by atoms with van der Waals surface area (Å²) in [6, 6.07) is 4.32. The van der Waals surface area contributed by atoms with Crippen molar-refractivity contribution in [1.29, 1.82) is 0 Å². The average Bonchev–Trinajstić information content (AvgIpc) is 2.85. The Morgan fingerprint density at radius 1 is 1.56 bits per heavy atom. The molecule has 3 nitrogen and oxygen atoms in total. The topological polar surface area (TPSA) is 41.5 Å². The molecule has 2 rings (SSSR count). The monoisotopic (exact) mass is 241 g/mol. The van der Waals surface area contributed by atoms with Crippen molar-refractivity contribution in [2.45, 2.75) is 31.4 Å². The molecule has 0 aromatic carbocycles. The van der Waals surface area contributed by atoms with Gasteiger partial charge in [0, 0.05) is 16.8 Å². The van der Waals surface area contributed by atoms with Gasteiger partial charge in [-0.05, 0) is 11.4 Å². The second-order valence-electron chi connectivity index (χ2n) is 4.95. The number of rotatable bonds is 4. The van der Waals surface area contributed by atoms with Crippen LogP contribution in [0.1, 0.15) is 18.7 Å². The molecule has 0 radical (unpaired) electrons. The number of thiophene rings is 1. The predicted octanol–water partition coefficient (Wildman–Crippen LogP) is 1.37. The van der Waals surface area contributed by atoms with Gasteiger partial charge < -0.3 is 15.2 Å². The van der Waals surface area contributed by atoms with Crippen LogP contribution in [0.4, 0.5) is 0 Å². The number of ether oxygens (including phenoxy) is 1. The van der Waals surface area contributed by atoms with E-state index in [-0.39, 0.29) is 17.6 Å². The first-order chi connectivity index (χ1) is 7.59. The molecule has 2 N–H and O–H groups in total. The number of hydrogen-bond acceptors (Lipinski definition) is 4. The van der Waals surface area contributed by atoms with Gasteiger partial charge in [0.25, 0.3) is 0 Å². The fourth-order valence-electron chi connectivity index (χ4n) is 1.87. The van der Waals surface area contributed by atoms with Gasteiger partial charge in [0.05, 0.1) is 25.4 Å². The van der Waals surface area contributed by atoms with Crippen molar-refractivity contribution in [2.75, 3.05) is 19.8 Å². The molecular weight excluding hydrogens is 222 g/mol. The maximum atomic E-state index is 9.63. The van der Waals surface area contributed by atoms with E-state index in [1.54, 1.807) is 11.3 Å². The van der Waals surface area contributed by atoms with Crippen LogP contribution in [0.15, 0.2) is 17.5 Å². The third-order valence-electron chi connectivity index (χ3n) is 3.04. The molecular formula is C12H19NO2S. The molecule has 1 aliphatic rings. The van der Waals surface area contributed by atoms with Crippen LogP contribution in [0.2, 0.25) is 0 Å². The van der Waals surface area contributed by atoms with Crippen molar-refractivity contribution < 1.29 is 9.84 Å². The Morgan fingerprint density at radius 2 is 2.38 bits per heavy atom. The zero-order chi connectivity index (χ0) is 11.6. The van der Waals surface area contributed by atoms with Gasteiger partial charge in [0.2, 0.25) is 0 Å². The van der Waals surface area contributed by atoms with Crippen molar-refractivity contribution in [3.05, 3.63) is 22.4 Å². The zero-order valence-corrected chi connectivity index (χ0v) is 10.6. The van der Waals surface area contributed by atoms with Gasteiger partial charge in [-0.3, -0.25) is 0 Å². The molecule has 0 spiro atoms. The number of aliphatic hydroxyl groups is 1. The SMILES string of the molecule is CC(C)(CNC1COCC1O)c1cccs1. The first kappa shape index (κ1) is 12.0. The second kappa shape index (κ2) is 4.84. The molecule has 4 heteroatoms. The van der Waals surface area contributed by atoms with Crippen LogP contribution in [-0.4, -0.2) is 37.0 Å². The molecule has 0 bridgehead atoms. The van der Waals surface area contributed by atoms with Gasteiger partial charge in [-0.1, -0.05) is 19.9 Å². The highest BCUT2D eigenvalue weighted by Gasteiger charge is 2.29. The second-order valence-corrected chi connectivity index (χ2v) is 5.90. The van der Waals surface area contributed by atoms with E-state index >= 15 is 0 Å². The largest absolute Gasteiger partial charge is 0.389 e. The lowest BCUT2D eigenvalue weighted by Crippen LogP contribution is -2.44. The molecule has 1 fully saturated rings. The maximum Gasteiger partial charge on any atom is 0.0948 e. The third kappa shape index (κ3) is 2.63. The van der Waals surface area contributed by atoms with Crippen molar-refractivity contribution in [3.8, 4) is 0 Å². The van der Waals surface area contributed by atoms with Crippen LogP contribution in [-0.2, 0) is 10.2 Å². The van der Waals surface area contributed by atoms with Gasteiger partial charge in [0.1, 0.15) is 0 Å². The highest BCUT2D eigenvalue weighted by atomic mass is 32.1. The van der Waals surface area contributed by atoms with Crippen LogP contribution in [0.25, 0.3) is 0 Å². The van der Waals surface area contributed by atoms with Gasteiger partial charge in [-0.15, -0.1) is 11.3 Å². The van der Waals surface area contributed by atoms with Crippen molar-refractivity contribution >= 4 is 11.3 Å². The van der Waals surface area contributed by atoms with E-state index in [1.807, 2.05) is 0 Å². The fraction of sp³-hybridized carbons (Fsp3) is 0.667. The minimum atomic E-state index is -0.362. The normalized spacial score (nSPS) is 26.2. The average molecular weight is 241 g/mol. The summed E-state index contributed by atoms with van der Waals surface area (Å²) in [5.74, 6) is 0. The molecule has 2 unspecified atom stereocenters.